The lowest BCUT2D eigenvalue weighted by Crippen LogP contribution is -2.40. The molecule has 1 saturated heterocycles. The van der Waals surface area contributed by atoms with Crippen LogP contribution in [0.3, 0.4) is 0 Å². The van der Waals surface area contributed by atoms with E-state index < -0.39 is 17.8 Å². The van der Waals surface area contributed by atoms with E-state index in [-0.39, 0.29) is 23.7 Å². The second kappa shape index (κ2) is 11.1. The summed E-state index contributed by atoms with van der Waals surface area (Å²) in [4.78, 5) is 15.5. The number of rotatable bonds is 8. The maximum atomic E-state index is 13.7. The lowest BCUT2D eigenvalue weighted by atomic mass is 9.98. The molecule has 0 aliphatic carbocycles. The van der Waals surface area contributed by atoms with Crippen molar-refractivity contribution in [3.8, 4) is 5.75 Å². The molecule has 190 valence electrons. The van der Waals surface area contributed by atoms with Crippen molar-refractivity contribution >= 4 is 5.91 Å². The van der Waals surface area contributed by atoms with Crippen LogP contribution in [-0.4, -0.2) is 37.6 Å². The van der Waals surface area contributed by atoms with Crippen LogP contribution >= 0.6 is 0 Å². The Morgan fingerprint density at radius 1 is 1.03 bits per heavy atom. The van der Waals surface area contributed by atoms with Gasteiger partial charge in [0, 0.05) is 31.8 Å². The molecule has 4 rings (SSSR count). The average Bonchev–Trinajstić information content (AvgIpc) is 3.32. The Morgan fingerprint density at radius 2 is 1.69 bits per heavy atom. The number of hydrogen-bond donors (Lipinski definition) is 1. The standard InChI is InChI=1S/C28H29F3N2O3/c1-35-24-17-22(28(29,30)31)14-13-21(24)18-32-23-15-16-33(25(23)19-9-5-3-6-10-19)27(34)26(36-2)20-11-7-4-8-12-20/h3-14,17,23,25-26,32H,15-16,18H2,1-2H3/t23?,25?,26-/m0/s1. The minimum atomic E-state index is -4.44. The Balaban J connectivity index is 1.57. The Hall–Kier alpha value is -3.36. The summed E-state index contributed by atoms with van der Waals surface area (Å²) in [7, 11) is 2.88. The first-order valence-electron chi connectivity index (χ1n) is 11.7. The highest BCUT2D eigenvalue weighted by Crippen LogP contribution is 2.37. The number of carbonyl (C=O) groups excluding carboxylic acids is 1. The van der Waals surface area contributed by atoms with Crippen LogP contribution in [0.5, 0.6) is 5.75 Å². The van der Waals surface area contributed by atoms with Crippen LogP contribution < -0.4 is 10.1 Å². The van der Waals surface area contributed by atoms with Gasteiger partial charge in [-0.2, -0.15) is 13.2 Å². The monoisotopic (exact) mass is 498 g/mol. The number of likely N-dealkylation sites (tertiary alicyclic amines) is 1. The highest BCUT2D eigenvalue weighted by Gasteiger charge is 2.40. The summed E-state index contributed by atoms with van der Waals surface area (Å²) in [5.74, 6) is 0.0389. The number of amides is 1. The molecule has 2 unspecified atom stereocenters. The van der Waals surface area contributed by atoms with E-state index >= 15 is 0 Å². The van der Waals surface area contributed by atoms with Gasteiger partial charge in [0.15, 0.2) is 6.10 Å². The number of nitrogens with zero attached hydrogens (tertiary/aromatic N) is 1. The lowest BCUT2D eigenvalue weighted by Gasteiger charge is -2.32. The molecule has 1 heterocycles. The first kappa shape index (κ1) is 25.7. The van der Waals surface area contributed by atoms with Crippen LogP contribution in [0, 0.1) is 0 Å². The van der Waals surface area contributed by atoms with Crippen LogP contribution in [0.2, 0.25) is 0 Å². The van der Waals surface area contributed by atoms with E-state index in [0.29, 0.717) is 25.1 Å². The van der Waals surface area contributed by atoms with E-state index in [9.17, 15) is 18.0 Å². The average molecular weight is 499 g/mol. The first-order chi connectivity index (χ1) is 17.3. The highest BCUT2D eigenvalue weighted by molar-refractivity contribution is 5.83. The van der Waals surface area contributed by atoms with E-state index in [1.165, 1.54) is 20.3 Å². The van der Waals surface area contributed by atoms with Crippen molar-refractivity contribution in [2.45, 2.75) is 37.3 Å². The van der Waals surface area contributed by atoms with Crippen LogP contribution in [0.15, 0.2) is 78.9 Å². The predicted molar refractivity (Wildman–Crippen MR) is 130 cm³/mol. The zero-order chi connectivity index (χ0) is 25.7. The van der Waals surface area contributed by atoms with E-state index in [4.69, 9.17) is 9.47 Å². The van der Waals surface area contributed by atoms with Gasteiger partial charge in [0.25, 0.3) is 5.91 Å². The van der Waals surface area contributed by atoms with E-state index in [1.807, 2.05) is 65.6 Å². The Morgan fingerprint density at radius 3 is 2.31 bits per heavy atom. The molecule has 1 N–H and O–H groups in total. The lowest BCUT2D eigenvalue weighted by molar-refractivity contribution is -0.143. The number of ether oxygens (including phenoxy) is 2. The van der Waals surface area contributed by atoms with Gasteiger partial charge in [0.1, 0.15) is 5.75 Å². The zero-order valence-electron chi connectivity index (χ0n) is 20.2. The molecule has 0 spiro atoms. The summed E-state index contributed by atoms with van der Waals surface area (Å²) in [5, 5.41) is 3.47. The Kier molecular flexibility index (Phi) is 7.96. The number of halogens is 3. The van der Waals surface area contributed by atoms with Gasteiger partial charge in [0.2, 0.25) is 0 Å². The molecule has 0 radical (unpaired) electrons. The normalized spacial score (nSPS) is 18.8. The topological polar surface area (TPSA) is 50.8 Å². The quantitative estimate of drug-likeness (QED) is 0.444. The number of carbonyl (C=O) groups is 1. The van der Waals surface area contributed by atoms with E-state index in [2.05, 4.69) is 5.32 Å². The number of nitrogens with one attached hydrogen (secondary N) is 1. The van der Waals surface area contributed by atoms with Gasteiger partial charge in [-0.25, -0.2) is 0 Å². The van der Waals surface area contributed by atoms with E-state index in [1.54, 1.807) is 0 Å². The fraction of sp³-hybridized carbons (Fsp3) is 0.321. The first-order valence-corrected chi connectivity index (χ1v) is 11.7. The van der Waals surface area contributed by atoms with Crippen LogP contribution in [-0.2, 0) is 22.3 Å². The summed E-state index contributed by atoms with van der Waals surface area (Å²) < 4.78 is 50.2. The van der Waals surface area contributed by atoms with Gasteiger partial charge >= 0.3 is 6.18 Å². The maximum Gasteiger partial charge on any atom is 0.416 e. The largest absolute Gasteiger partial charge is 0.496 e. The molecule has 1 aliphatic rings. The van der Waals surface area contributed by atoms with Gasteiger partial charge in [-0.3, -0.25) is 4.79 Å². The Labute approximate surface area is 208 Å². The number of benzene rings is 3. The second-order valence-corrected chi connectivity index (χ2v) is 8.71. The van der Waals surface area contributed by atoms with E-state index in [0.717, 1.165) is 23.3 Å². The molecule has 0 bridgehead atoms. The van der Waals surface area contributed by atoms with Crippen molar-refractivity contribution in [2.75, 3.05) is 20.8 Å². The summed E-state index contributed by atoms with van der Waals surface area (Å²) >= 11 is 0. The third-order valence-electron chi connectivity index (χ3n) is 6.55. The minimum absolute atomic E-state index is 0.114. The molecule has 3 aromatic carbocycles. The number of alkyl halides is 3. The third-order valence-corrected chi connectivity index (χ3v) is 6.55. The summed E-state index contributed by atoms with van der Waals surface area (Å²) in [6, 6.07) is 22.2. The second-order valence-electron chi connectivity index (χ2n) is 8.71. The molecule has 8 heteroatoms. The van der Waals surface area contributed by atoms with Crippen molar-refractivity contribution in [2.24, 2.45) is 0 Å². The molecule has 3 aromatic rings. The molecule has 0 aromatic heterocycles. The zero-order valence-corrected chi connectivity index (χ0v) is 20.2. The van der Waals surface area contributed by atoms with Crippen molar-refractivity contribution < 1.29 is 27.4 Å². The van der Waals surface area contributed by atoms with Gasteiger partial charge in [-0.05, 0) is 29.7 Å². The van der Waals surface area contributed by atoms with Crippen molar-refractivity contribution in [3.05, 3.63) is 101 Å². The molecular formula is C28H29F3N2O3. The van der Waals surface area contributed by atoms with Crippen LogP contribution in [0.25, 0.3) is 0 Å². The third kappa shape index (κ3) is 5.55. The molecule has 1 fully saturated rings. The van der Waals surface area contributed by atoms with Crippen molar-refractivity contribution in [1.82, 2.24) is 10.2 Å². The SMILES string of the molecule is COc1cc(C(F)(F)F)ccc1CNC1CCN(C(=O)[C@@H](OC)c2ccccc2)C1c1ccccc1. The molecule has 1 aliphatic heterocycles. The maximum absolute atomic E-state index is 13.7. The smallest absolute Gasteiger partial charge is 0.416 e. The van der Waals surface area contributed by atoms with Gasteiger partial charge < -0.3 is 19.7 Å². The number of methoxy groups -OCH3 is 2. The Bertz CT molecular complexity index is 1160. The predicted octanol–water partition coefficient (Wildman–Crippen LogP) is 5.53. The fourth-order valence-corrected chi connectivity index (χ4v) is 4.78. The summed E-state index contributed by atoms with van der Waals surface area (Å²) in [6.45, 7) is 0.816. The molecule has 0 saturated carbocycles. The van der Waals surface area contributed by atoms with Crippen LogP contribution in [0.1, 0.15) is 40.8 Å². The minimum Gasteiger partial charge on any atom is -0.496 e. The van der Waals surface area contributed by atoms with Gasteiger partial charge in [-0.1, -0.05) is 66.7 Å². The van der Waals surface area contributed by atoms with Crippen molar-refractivity contribution in [3.63, 3.8) is 0 Å². The molecule has 5 nitrogen and oxygen atoms in total. The molecular weight excluding hydrogens is 469 g/mol. The van der Waals surface area contributed by atoms with Gasteiger partial charge in [-0.15, -0.1) is 0 Å². The molecule has 1 amide bonds. The summed E-state index contributed by atoms with van der Waals surface area (Å²) in [6.07, 6.45) is -4.49. The highest BCUT2D eigenvalue weighted by atomic mass is 19.4. The fourth-order valence-electron chi connectivity index (χ4n) is 4.78. The molecule has 36 heavy (non-hydrogen) atoms. The van der Waals surface area contributed by atoms with Gasteiger partial charge in [0.05, 0.1) is 18.7 Å². The van der Waals surface area contributed by atoms with Crippen LogP contribution in [0.4, 0.5) is 13.2 Å². The molecule has 3 atom stereocenters. The number of hydrogen-bond acceptors (Lipinski definition) is 4. The van der Waals surface area contributed by atoms with Crippen molar-refractivity contribution in [1.29, 1.82) is 0 Å². The summed E-state index contributed by atoms with van der Waals surface area (Å²) in [5.41, 5.74) is 1.61.